The summed E-state index contributed by atoms with van der Waals surface area (Å²) in [5.74, 6) is 0. The van der Waals surface area contributed by atoms with Crippen LogP contribution in [0.4, 0.5) is 0 Å². The molecule has 1 N–H and O–H groups in total. The van der Waals surface area contributed by atoms with Crippen molar-refractivity contribution in [3.63, 3.8) is 0 Å². The highest BCUT2D eigenvalue weighted by molar-refractivity contribution is 7.47. The monoisotopic (exact) mass is 604 g/mol. The van der Waals surface area contributed by atoms with E-state index in [0.717, 1.165) is 25.7 Å². The van der Waals surface area contributed by atoms with Crippen molar-refractivity contribution < 1.29 is 18.5 Å². The first-order valence-corrected chi connectivity index (χ1v) is 19.9. The Kier molecular flexibility index (Phi) is 33.0. The summed E-state index contributed by atoms with van der Waals surface area (Å²) in [5, 5.41) is 0. The quantitative estimate of drug-likeness (QED) is 0.0577. The second kappa shape index (κ2) is 33.0. The highest BCUT2D eigenvalue weighted by atomic mass is 31.2. The summed E-state index contributed by atoms with van der Waals surface area (Å²) in [6.45, 7) is 11.2. The molecule has 0 radical (unpaired) electrons. The highest BCUT2D eigenvalue weighted by Crippen LogP contribution is 2.43. The molecule has 0 aliphatic carbocycles. The summed E-state index contributed by atoms with van der Waals surface area (Å²) in [6, 6.07) is 0. The molecule has 0 aliphatic heterocycles. The van der Waals surface area contributed by atoms with Crippen LogP contribution >= 0.6 is 7.82 Å². The lowest BCUT2D eigenvalue weighted by molar-refractivity contribution is 0.145. The van der Waals surface area contributed by atoms with E-state index in [1.807, 2.05) is 0 Å². The molecule has 248 valence electrons. The van der Waals surface area contributed by atoms with Crippen molar-refractivity contribution in [3.8, 4) is 0 Å². The van der Waals surface area contributed by atoms with Gasteiger partial charge >= 0.3 is 7.82 Å². The Hall–Kier alpha value is 0.0700. The van der Waals surface area contributed by atoms with Crippen LogP contribution in [0.15, 0.2) is 0 Å². The molecule has 0 aromatic carbocycles. The van der Waals surface area contributed by atoms with Crippen LogP contribution in [-0.2, 0) is 13.6 Å². The molecule has 0 spiro atoms. The van der Waals surface area contributed by atoms with Crippen molar-refractivity contribution >= 4 is 7.82 Å². The van der Waals surface area contributed by atoms with Crippen molar-refractivity contribution in [3.05, 3.63) is 0 Å². The minimum Gasteiger partial charge on any atom is -0.303 e. The normalized spacial score (nSPS) is 13.3. The third-order valence-electron chi connectivity index (χ3n) is 8.28. The highest BCUT2D eigenvalue weighted by Gasteiger charge is 2.20. The summed E-state index contributed by atoms with van der Waals surface area (Å²) < 4.78 is 22.5. The van der Waals surface area contributed by atoms with E-state index < -0.39 is 7.82 Å². The first kappa shape index (κ1) is 41.1. The Morgan fingerprint density at radius 1 is 0.415 bits per heavy atom. The van der Waals surface area contributed by atoms with E-state index in [0.29, 0.717) is 13.2 Å². The number of hydrogen-bond acceptors (Lipinski definition) is 4. The standard InChI is InChI=1S/C35H74NO4P/c1-4-7-10-13-16-17-18-19-24-29-34-39-41(37,38)40-35-30-25-20-23-28-33-36(31-26-21-14-11-8-5-2)32-27-22-15-12-9-6-3/h4-35H2,1-3H3,(H,37,38). The molecule has 0 amide bonds. The van der Waals surface area contributed by atoms with Gasteiger partial charge in [-0.3, -0.25) is 9.05 Å². The molecular weight excluding hydrogens is 529 g/mol. The van der Waals surface area contributed by atoms with Crippen LogP contribution in [0.2, 0.25) is 0 Å². The smallest absolute Gasteiger partial charge is 0.303 e. The lowest BCUT2D eigenvalue weighted by Gasteiger charge is -2.22. The van der Waals surface area contributed by atoms with Gasteiger partial charge in [-0.15, -0.1) is 0 Å². The van der Waals surface area contributed by atoms with Gasteiger partial charge < -0.3 is 9.79 Å². The fourth-order valence-electron chi connectivity index (χ4n) is 5.52. The zero-order valence-corrected chi connectivity index (χ0v) is 29.1. The summed E-state index contributed by atoms with van der Waals surface area (Å²) in [6.07, 6.45) is 34.4. The van der Waals surface area contributed by atoms with Crippen LogP contribution in [0.25, 0.3) is 0 Å². The number of phosphoric acid groups is 1. The van der Waals surface area contributed by atoms with Gasteiger partial charge in [-0.1, -0.05) is 162 Å². The largest absolute Gasteiger partial charge is 0.472 e. The zero-order valence-electron chi connectivity index (χ0n) is 28.2. The van der Waals surface area contributed by atoms with Gasteiger partial charge in [-0.2, -0.15) is 0 Å². The van der Waals surface area contributed by atoms with Gasteiger partial charge in [0, 0.05) is 0 Å². The van der Waals surface area contributed by atoms with Gasteiger partial charge in [0.1, 0.15) is 0 Å². The summed E-state index contributed by atoms with van der Waals surface area (Å²) >= 11 is 0. The van der Waals surface area contributed by atoms with Crippen molar-refractivity contribution in [2.45, 2.75) is 194 Å². The number of nitrogens with zero attached hydrogens (tertiary/aromatic N) is 1. The number of unbranched alkanes of at least 4 members (excludes halogenated alkanes) is 23. The molecule has 0 saturated carbocycles. The van der Waals surface area contributed by atoms with E-state index in [2.05, 4.69) is 25.7 Å². The van der Waals surface area contributed by atoms with E-state index in [9.17, 15) is 9.46 Å². The van der Waals surface area contributed by atoms with E-state index in [1.54, 1.807) is 0 Å². The number of phosphoric ester groups is 1. The molecule has 0 rings (SSSR count). The van der Waals surface area contributed by atoms with E-state index in [1.165, 1.54) is 167 Å². The first-order valence-electron chi connectivity index (χ1n) is 18.4. The Morgan fingerprint density at radius 2 is 0.659 bits per heavy atom. The van der Waals surface area contributed by atoms with E-state index >= 15 is 0 Å². The van der Waals surface area contributed by atoms with Gasteiger partial charge in [0.2, 0.25) is 0 Å². The minimum absolute atomic E-state index is 0.313. The maximum absolute atomic E-state index is 12.1. The van der Waals surface area contributed by atoms with Crippen LogP contribution < -0.4 is 0 Å². The van der Waals surface area contributed by atoms with E-state index in [-0.39, 0.29) is 0 Å². The molecule has 0 aromatic rings. The molecule has 0 aromatic heterocycles. The molecule has 6 heteroatoms. The predicted octanol–water partition coefficient (Wildman–Crippen LogP) is 12.0. The third kappa shape index (κ3) is 32.8. The SMILES string of the molecule is CCCCCCCCCCCCOP(=O)(O)OCCCCCCCN(CCCCCCCC)CCCCCCCC. The van der Waals surface area contributed by atoms with Crippen molar-refractivity contribution in [2.75, 3.05) is 32.8 Å². The van der Waals surface area contributed by atoms with Crippen molar-refractivity contribution in [1.29, 1.82) is 0 Å². The molecular formula is C35H74NO4P. The lowest BCUT2D eigenvalue weighted by Crippen LogP contribution is -2.27. The lowest BCUT2D eigenvalue weighted by atomic mass is 10.1. The maximum atomic E-state index is 12.1. The van der Waals surface area contributed by atoms with Gasteiger partial charge in [0.05, 0.1) is 13.2 Å². The van der Waals surface area contributed by atoms with Crippen LogP contribution in [0.3, 0.4) is 0 Å². The topological polar surface area (TPSA) is 59.0 Å². The number of rotatable bonds is 35. The molecule has 0 bridgehead atoms. The fraction of sp³-hybridized carbons (Fsp3) is 1.00. The van der Waals surface area contributed by atoms with Gasteiger partial charge in [0.15, 0.2) is 0 Å². The van der Waals surface area contributed by atoms with Crippen molar-refractivity contribution in [1.82, 2.24) is 4.90 Å². The van der Waals surface area contributed by atoms with Crippen LogP contribution in [0.5, 0.6) is 0 Å². The Labute approximate surface area is 257 Å². The molecule has 0 heterocycles. The van der Waals surface area contributed by atoms with Gasteiger partial charge in [-0.05, 0) is 51.7 Å². The Morgan fingerprint density at radius 3 is 0.951 bits per heavy atom. The van der Waals surface area contributed by atoms with Crippen molar-refractivity contribution in [2.24, 2.45) is 0 Å². The Bertz CT molecular complexity index is 532. The minimum atomic E-state index is -3.89. The maximum Gasteiger partial charge on any atom is 0.472 e. The van der Waals surface area contributed by atoms with Crippen LogP contribution in [0, 0.1) is 0 Å². The Balaban J connectivity index is 3.79. The molecule has 41 heavy (non-hydrogen) atoms. The molecule has 1 unspecified atom stereocenters. The van der Waals surface area contributed by atoms with Crippen LogP contribution in [0.1, 0.15) is 194 Å². The molecule has 0 aliphatic rings. The van der Waals surface area contributed by atoms with E-state index in [4.69, 9.17) is 9.05 Å². The third-order valence-corrected chi connectivity index (χ3v) is 9.30. The molecule has 1 atom stereocenters. The summed E-state index contributed by atoms with van der Waals surface area (Å²) in [7, 11) is -3.89. The molecule has 0 saturated heterocycles. The second-order valence-electron chi connectivity index (χ2n) is 12.5. The zero-order chi connectivity index (χ0) is 30.1. The van der Waals surface area contributed by atoms with Crippen LogP contribution in [-0.4, -0.2) is 42.6 Å². The molecule has 5 nitrogen and oxygen atoms in total. The average molecular weight is 604 g/mol. The number of hydrogen-bond donors (Lipinski definition) is 1. The average Bonchev–Trinajstić information content (AvgIpc) is 2.96. The van der Waals surface area contributed by atoms with Gasteiger partial charge in [-0.25, -0.2) is 4.57 Å². The second-order valence-corrected chi connectivity index (χ2v) is 13.9. The summed E-state index contributed by atoms with van der Waals surface area (Å²) in [4.78, 5) is 12.6. The predicted molar refractivity (Wildman–Crippen MR) is 180 cm³/mol. The first-order chi connectivity index (χ1) is 20.1. The fourth-order valence-corrected chi connectivity index (χ4v) is 6.32. The summed E-state index contributed by atoms with van der Waals surface area (Å²) in [5.41, 5.74) is 0. The molecule has 0 fully saturated rings. The van der Waals surface area contributed by atoms with Gasteiger partial charge in [0.25, 0.3) is 0 Å².